The largest absolute Gasteiger partial charge is 0.332 e. The molecule has 0 aliphatic heterocycles. The highest BCUT2D eigenvalue weighted by Gasteiger charge is 2.21. The molecule has 1 unspecified atom stereocenters. The molecule has 0 bridgehead atoms. The first-order chi connectivity index (χ1) is 10.0. The molecule has 0 spiro atoms. The van der Waals surface area contributed by atoms with Crippen molar-refractivity contribution >= 4 is 21.8 Å². The molecule has 0 heterocycles. The van der Waals surface area contributed by atoms with Gasteiger partial charge in [0, 0.05) is 16.6 Å². The van der Waals surface area contributed by atoms with Crippen molar-refractivity contribution in [3.8, 4) is 0 Å². The molecular weight excluding hydrogens is 333 g/mol. The van der Waals surface area contributed by atoms with Crippen LogP contribution >= 0.6 is 15.9 Å². The van der Waals surface area contributed by atoms with Crippen molar-refractivity contribution in [3.63, 3.8) is 0 Å². The number of benzene rings is 2. The van der Waals surface area contributed by atoms with E-state index in [2.05, 4.69) is 15.9 Å². The Bertz CT molecular complexity index is 610. The lowest BCUT2D eigenvalue weighted by Crippen LogP contribution is -2.33. The minimum absolute atomic E-state index is 0.0261. The first-order valence-electron chi connectivity index (χ1n) is 6.85. The van der Waals surface area contributed by atoms with Crippen LogP contribution in [0.4, 0.5) is 4.39 Å². The summed E-state index contributed by atoms with van der Waals surface area (Å²) in [7, 11) is 0. The second kappa shape index (κ2) is 6.85. The van der Waals surface area contributed by atoms with Crippen molar-refractivity contribution in [2.24, 2.45) is 0 Å². The van der Waals surface area contributed by atoms with Crippen LogP contribution in [0.2, 0.25) is 0 Å². The lowest BCUT2D eigenvalue weighted by molar-refractivity contribution is 0.0702. The molecule has 0 fully saturated rings. The zero-order valence-corrected chi connectivity index (χ0v) is 13.6. The number of amides is 1. The predicted molar refractivity (Wildman–Crippen MR) is 85.7 cm³/mol. The maximum Gasteiger partial charge on any atom is 0.254 e. The minimum Gasteiger partial charge on any atom is -0.332 e. The van der Waals surface area contributed by atoms with E-state index in [4.69, 9.17) is 0 Å². The molecule has 1 amide bonds. The van der Waals surface area contributed by atoms with Crippen LogP contribution < -0.4 is 0 Å². The van der Waals surface area contributed by atoms with Crippen LogP contribution in [0.15, 0.2) is 53.0 Å². The van der Waals surface area contributed by atoms with Crippen LogP contribution in [-0.4, -0.2) is 17.4 Å². The van der Waals surface area contributed by atoms with Gasteiger partial charge < -0.3 is 4.90 Å². The Morgan fingerprint density at radius 3 is 2.24 bits per heavy atom. The van der Waals surface area contributed by atoms with E-state index >= 15 is 0 Å². The second-order valence-corrected chi connectivity index (χ2v) is 5.74. The maximum absolute atomic E-state index is 13.0. The quantitative estimate of drug-likeness (QED) is 0.775. The molecule has 0 saturated carbocycles. The highest BCUT2D eigenvalue weighted by Crippen LogP contribution is 2.23. The third-order valence-corrected chi connectivity index (χ3v) is 4.04. The van der Waals surface area contributed by atoms with E-state index in [1.165, 1.54) is 12.1 Å². The van der Waals surface area contributed by atoms with Crippen molar-refractivity contribution in [1.29, 1.82) is 0 Å². The summed E-state index contributed by atoms with van der Waals surface area (Å²) in [4.78, 5) is 14.4. The fourth-order valence-corrected chi connectivity index (χ4v) is 2.54. The zero-order chi connectivity index (χ0) is 15.4. The van der Waals surface area contributed by atoms with E-state index in [0.717, 1.165) is 10.0 Å². The fourth-order valence-electron chi connectivity index (χ4n) is 2.27. The number of nitrogens with zero attached hydrogens (tertiary/aromatic N) is 1. The lowest BCUT2D eigenvalue weighted by Gasteiger charge is -2.28. The first kappa shape index (κ1) is 15.7. The second-order valence-electron chi connectivity index (χ2n) is 4.83. The molecule has 0 aliphatic rings. The molecule has 0 aliphatic carbocycles. The van der Waals surface area contributed by atoms with Crippen molar-refractivity contribution in [3.05, 3.63) is 69.9 Å². The fraction of sp³-hybridized carbons (Fsp3) is 0.235. The van der Waals surface area contributed by atoms with Crippen LogP contribution in [0.25, 0.3) is 0 Å². The monoisotopic (exact) mass is 349 g/mol. The average Bonchev–Trinajstić information content (AvgIpc) is 2.49. The average molecular weight is 350 g/mol. The standard InChI is InChI=1S/C17H17BrFNO/c1-3-20(12(2)13-6-10-16(19)11-7-13)17(21)14-4-8-15(18)9-5-14/h4-12H,3H2,1-2H3. The van der Waals surface area contributed by atoms with Gasteiger partial charge in [-0.25, -0.2) is 4.39 Å². The molecule has 0 radical (unpaired) electrons. The zero-order valence-electron chi connectivity index (χ0n) is 12.0. The van der Waals surface area contributed by atoms with Crippen LogP contribution in [0.3, 0.4) is 0 Å². The van der Waals surface area contributed by atoms with Gasteiger partial charge in [-0.15, -0.1) is 0 Å². The summed E-state index contributed by atoms with van der Waals surface area (Å²) in [6.07, 6.45) is 0. The number of carbonyl (C=O) groups excluding carboxylic acids is 1. The number of carbonyl (C=O) groups is 1. The third-order valence-electron chi connectivity index (χ3n) is 3.51. The summed E-state index contributed by atoms with van der Waals surface area (Å²) in [5.41, 5.74) is 1.57. The molecule has 21 heavy (non-hydrogen) atoms. The predicted octanol–water partition coefficient (Wildman–Crippen LogP) is 4.81. The summed E-state index contributed by atoms with van der Waals surface area (Å²) >= 11 is 3.36. The molecule has 110 valence electrons. The smallest absolute Gasteiger partial charge is 0.254 e. The Labute approximate surface area is 132 Å². The Morgan fingerprint density at radius 1 is 1.14 bits per heavy atom. The van der Waals surface area contributed by atoms with Crippen LogP contribution in [0, 0.1) is 5.82 Å². The molecule has 0 saturated heterocycles. The van der Waals surface area contributed by atoms with Gasteiger partial charge in [0.25, 0.3) is 5.91 Å². The topological polar surface area (TPSA) is 20.3 Å². The Morgan fingerprint density at radius 2 is 1.71 bits per heavy atom. The number of rotatable bonds is 4. The van der Waals surface area contributed by atoms with Gasteiger partial charge >= 0.3 is 0 Å². The summed E-state index contributed by atoms with van der Waals surface area (Å²) in [6.45, 7) is 4.48. The van der Waals surface area contributed by atoms with Gasteiger partial charge in [0.15, 0.2) is 0 Å². The van der Waals surface area contributed by atoms with Crippen LogP contribution in [-0.2, 0) is 0 Å². The summed E-state index contributed by atoms with van der Waals surface area (Å²) < 4.78 is 13.9. The van der Waals surface area contributed by atoms with E-state index in [0.29, 0.717) is 12.1 Å². The third kappa shape index (κ3) is 3.70. The van der Waals surface area contributed by atoms with Crippen LogP contribution in [0.5, 0.6) is 0 Å². The number of hydrogen-bond acceptors (Lipinski definition) is 1. The van der Waals surface area contributed by atoms with Gasteiger partial charge in [-0.3, -0.25) is 4.79 Å². The number of halogens is 2. The van der Waals surface area contributed by atoms with Gasteiger partial charge in [0.2, 0.25) is 0 Å². The summed E-state index contributed by atoms with van der Waals surface area (Å²) in [5, 5.41) is 0. The minimum atomic E-state index is -0.270. The van der Waals surface area contributed by atoms with Gasteiger partial charge in [-0.1, -0.05) is 28.1 Å². The van der Waals surface area contributed by atoms with Crippen LogP contribution in [0.1, 0.15) is 35.8 Å². The number of hydrogen-bond donors (Lipinski definition) is 0. The molecule has 2 aromatic rings. The van der Waals surface area contributed by atoms with Crippen molar-refractivity contribution in [2.75, 3.05) is 6.54 Å². The van der Waals surface area contributed by atoms with Gasteiger partial charge in [-0.2, -0.15) is 0 Å². The summed E-state index contributed by atoms with van der Waals surface area (Å²) in [5.74, 6) is -0.296. The molecular formula is C17H17BrFNO. The molecule has 0 N–H and O–H groups in total. The normalized spacial score (nSPS) is 12.0. The van der Waals surface area contributed by atoms with E-state index in [1.807, 2.05) is 26.0 Å². The van der Waals surface area contributed by atoms with E-state index in [1.54, 1.807) is 29.2 Å². The van der Waals surface area contributed by atoms with E-state index in [-0.39, 0.29) is 17.8 Å². The van der Waals surface area contributed by atoms with Gasteiger partial charge in [0.1, 0.15) is 5.82 Å². The molecule has 1 atom stereocenters. The SMILES string of the molecule is CCN(C(=O)c1ccc(Br)cc1)C(C)c1ccc(F)cc1. The van der Waals surface area contributed by atoms with E-state index < -0.39 is 0 Å². The molecule has 2 rings (SSSR count). The molecule has 0 aromatic heterocycles. The lowest BCUT2D eigenvalue weighted by atomic mass is 10.1. The highest BCUT2D eigenvalue weighted by atomic mass is 79.9. The highest BCUT2D eigenvalue weighted by molar-refractivity contribution is 9.10. The summed E-state index contributed by atoms with van der Waals surface area (Å²) in [6, 6.07) is 13.5. The van der Waals surface area contributed by atoms with Crippen molar-refractivity contribution in [1.82, 2.24) is 4.90 Å². The Kier molecular flexibility index (Phi) is 5.12. The molecule has 4 heteroatoms. The Hall–Kier alpha value is -1.68. The van der Waals surface area contributed by atoms with Gasteiger partial charge in [-0.05, 0) is 55.8 Å². The first-order valence-corrected chi connectivity index (χ1v) is 7.64. The van der Waals surface area contributed by atoms with Crippen molar-refractivity contribution < 1.29 is 9.18 Å². The maximum atomic E-state index is 13.0. The van der Waals surface area contributed by atoms with Gasteiger partial charge in [0.05, 0.1) is 6.04 Å². The van der Waals surface area contributed by atoms with Crippen molar-refractivity contribution in [2.45, 2.75) is 19.9 Å². The molecule has 2 nitrogen and oxygen atoms in total. The molecule has 2 aromatic carbocycles. The van der Waals surface area contributed by atoms with E-state index in [9.17, 15) is 9.18 Å². The Balaban J connectivity index is 2.23.